The van der Waals surface area contributed by atoms with Gasteiger partial charge in [0.15, 0.2) is 5.13 Å². The summed E-state index contributed by atoms with van der Waals surface area (Å²) in [5, 5.41) is 28.2. The first-order chi connectivity index (χ1) is 15.3. The number of rotatable bonds is 8. The minimum atomic E-state index is -0.619. The third-order valence-electron chi connectivity index (χ3n) is 7.72. The van der Waals surface area contributed by atoms with E-state index in [1.54, 1.807) is 29.7 Å². The molecule has 4 rings (SSSR count). The van der Waals surface area contributed by atoms with Crippen molar-refractivity contribution in [3.8, 4) is 0 Å². The van der Waals surface area contributed by atoms with Crippen LogP contribution in [0.2, 0.25) is 0 Å². The topological polar surface area (TPSA) is 108 Å². The van der Waals surface area contributed by atoms with Gasteiger partial charge in [0.25, 0.3) is 0 Å². The maximum atomic E-state index is 13.0. The molecule has 2 aromatic rings. The number of hydrogen-bond donors (Lipinski definition) is 4. The molecule has 2 aromatic heterocycles. The van der Waals surface area contributed by atoms with E-state index in [1.165, 1.54) is 0 Å². The molecule has 2 heterocycles. The smallest absolute Gasteiger partial charge is 0.221 e. The van der Waals surface area contributed by atoms with Crippen LogP contribution in [0, 0.1) is 16.7 Å². The molecular weight excluding hydrogens is 426 g/mol. The van der Waals surface area contributed by atoms with E-state index in [9.17, 15) is 15.0 Å². The largest absolute Gasteiger partial charge is 0.467 e. The molecule has 0 unspecified atom stereocenters. The highest BCUT2D eigenvalue weighted by atomic mass is 32.1. The van der Waals surface area contributed by atoms with Crippen LogP contribution in [-0.4, -0.2) is 40.4 Å². The first-order valence-corrected chi connectivity index (χ1v) is 12.1. The summed E-state index contributed by atoms with van der Waals surface area (Å²) < 4.78 is 5.33. The van der Waals surface area contributed by atoms with E-state index in [0.717, 1.165) is 28.5 Å². The number of carbonyl (C=O) groups excluding carboxylic acids is 1. The molecule has 0 bridgehead atoms. The number of carbonyl (C=O) groups is 1. The van der Waals surface area contributed by atoms with Gasteiger partial charge in [-0.05, 0) is 42.7 Å². The van der Waals surface area contributed by atoms with E-state index < -0.39 is 11.5 Å². The number of furan rings is 1. The zero-order valence-electron chi connectivity index (χ0n) is 18.8. The van der Waals surface area contributed by atoms with Crippen LogP contribution in [0.1, 0.15) is 55.4 Å². The van der Waals surface area contributed by atoms with E-state index >= 15 is 0 Å². The number of amides is 1. The molecule has 174 valence electrons. The molecule has 1 amide bonds. The van der Waals surface area contributed by atoms with Crippen molar-refractivity contribution in [3.05, 3.63) is 47.4 Å². The van der Waals surface area contributed by atoms with Gasteiger partial charge in [-0.2, -0.15) is 0 Å². The molecule has 32 heavy (non-hydrogen) atoms. The van der Waals surface area contributed by atoms with E-state index in [2.05, 4.69) is 24.1 Å². The van der Waals surface area contributed by atoms with Crippen molar-refractivity contribution in [1.29, 1.82) is 0 Å². The quantitative estimate of drug-likeness (QED) is 0.451. The normalized spacial score (nSPS) is 31.4. The lowest BCUT2D eigenvalue weighted by atomic mass is 9.47. The number of aromatic nitrogens is 1. The summed E-state index contributed by atoms with van der Waals surface area (Å²) in [5.41, 5.74) is 0.104. The Balaban J connectivity index is 1.66. The molecule has 4 N–H and O–H groups in total. The number of nitrogens with one attached hydrogen (secondary N) is 2. The van der Waals surface area contributed by atoms with Crippen molar-refractivity contribution in [3.63, 3.8) is 0 Å². The Morgan fingerprint density at radius 1 is 1.47 bits per heavy atom. The molecule has 2 aliphatic rings. The van der Waals surface area contributed by atoms with Crippen LogP contribution in [0.15, 0.2) is 35.5 Å². The third-order valence-corrected chi connectivity index (χ3v) is 8.77. The highest BCUT2D eigenvalue weighted by Crippen LogP contribution is 2.62. The highest BCUT2D eigenvalue weighted by Gasteiger charge is 2.59. The summed E-state index contributed by atoms with van der Waals surface area (Å²) in [5.74, 6) is 0.614. The Hall–Kier alpha value is -2.16. The second-order valence-electron chi connectivity index (χ2n) is 9.59. The van der Waals surface area contributed by atoms with Gasteiger partial charge in [0, 0.05) is 29.2 Å². The van der Waals surface area contributed by atoms with Gasteiger partial charge in [-0.25, -0.2) is 4.98 Å². The molecule has 0 saturated heterocycles. The van der Waals surface area contributed by atoms with E-state index in [4.69, 9.17) is 9.40 Å². The van der Waals surface area contributed by atoms with Crippen molar-refractivity contribution in [1.82, 2.24) is 10.3 Å². The Labute approximate surface area is 192 Å². The summed E-state index contributed by atoms with van der Waals surface area (Å²) in [6.07, 6.45) is 5.27. The SMILES string of the molecule is C=CCNc1nc2c(s1)C[C@@H]1[C@](C)(CO)[C@H](O)CC[C@@]1(C)[C@@H]2CC(=O)NCc1ccco1. The van der Waals surface area contributed by atoms with E-state index in [-0.39, 0.29) is 29.8 Å². The van der Waals surface area contributed by atoms with Gasteiger partial charge in [-0.15, -0.1) is 17.9 Å². The molecule has 0 radical (unpaired) electrons. The summed E-state index contributed by atoms with van der Waals surface area (Å²) in [7, 11) is 0. The van der Waals surface area contributed by atoms with E-state index in [1.807, 2.05) is 13.0 Å². The van der Waals surface area contributed by atoms with Crippen LogP contribution in [-0.2, 0) is 17.8 Å². The summed E-state index contributed by atoms with van der Waals surface area (Å²) in [6.45, 7) is 8.84. The first-order valence-electron chi connectivity index (χ1n) is 11.2. The maximum Gasteiger partial charge on any atom is 0.221 e. The minimum Gasteiger partial charge on any atom is -0.467 e. The fraction of sp³-hybridized carbons (Fsp3) is 0.583. The van der Waals surface area contributed by atoms with Crippen molar-refractivity contribution < 1.29 is 19.4 Å². The Kier molecular flexibility index (Phi) is 6.47. The Morgan fingerprint density at radius 2 is 2.28 bits per heavy atom. The molecule has 0 spiro atoms. The molecule has 1 fully saturated rings. The van der Waals surface area contributed by atoms with Gasteiger partial charge in [-0.3, -0.25) is 4.79 Å². The molecule has 2 aliphatic carbocycles. The van der Waals surface area contributed by atoms with Crippen LogP contribution >= 0.6 is 11.3 Å². The number of thiazole rings is 1. The van der Waals surface area contributed by atoms with Crippen molar-refractivity contribution in [2.75, 3.05) is 18.5 Å². The number of aliphatic hydroxyl groups is 2. The predicted molar refractivity (Wildman–Crippen MR) is 124 cm³/mol. The molecule has 7 nitrogen and oxygen atoms in total. The standard InChI is InChI=1S/C24H33N3O4S/c1-4-9-25-22-27-21-16(11-20(30)26-13-15-6-5-10-31-15)23(2)8-7-19(29)24(3,14-28)18(23)12-17(21)32-22/h4-6,10,16,18-19,28-29H,1,7-9,11-14H2,2-3H3,(H,25,27)(H,26,30)/t16-,18+,19-,23+,24+/m1/s1. The summed E-state index contributed by atoms with van der Waals surface area (Å²) >= 11 is 1.60. The summed E-state index contributed by atoms with van der Waals surface area (Å²) in [4.78, 5) is 19.0. The fourth-order valence-corrected chi connectivity index (χ4v) is 6.81. The van der Waals surface area contributed by atoms with Crippen LogP contribution < -0.4 is 10.6 Å². The molecular formula is C24H33N3O4S. The number of hydrogen-bond acceptors (Lipinski definition) is 7. The minimum absolute atomic E-state index is 0.0480. The number of anilines is 1. The van der Waals surface area contributed by atoms with Gasteiger partial charge >= 0.3 is 0 Å². The van der Waals surface area contributed by atoms with Crippen LogP contribution in [0.4, 0.5) is 5.13 Å². The lowest BCUT2D eigenvalue weighted by molar-refractivity contribution is -0.144. The van der Waals surface area contributed by atoms with Gasteiger partial charge in [-0.1, -0.05) is 19.9 Å². The third kappa shape index (κ3) is 4.00. The van der Waals surface area contributed by atoms with Gasteiger partial charge < -0.3 is 25.3 Å². The molecule has 1 saturated carbocycles. The zero-order chi connectivity index (χ0) is 22.9. The number of aliphatic hydroxyl groups excluding tert-OH is 2. The molecule has 5 atom stereocenters. The lowest BCUT2D eigenvalue weighted by Crippen LogP contribution is -2.57. The Bertz CT molecular complexity index is 959. The molecule has 8 heteroatoms. The lowest BCUT2D eigenvalue weighted by Gasteiger charge is -2.58. The van der Waals surface area contributed by atoms with Gasteiger partial charge in [0.2, 0.25) is 5.91 Å². The number of fused-ring (bicyclic) bond motifs is 2. The van der Waals surface area contributed by atoms with Crippen molar-refractivity contribution >= 4 is 22.4 Å². The summed E-state index contributed by atoms with van der Waals surface area (Å²) in [6, 6.07) is 3.64. The second kappa shape index (κ2) is 9.00. The monoisotopic (exact) mass is 459 g/mol. The predicted octanol–water partition coefficient (Wildman–Crippen LogP) is 3.46. The van der Waals surface area contributed by atoms with E-state index in [0.29, 0.717) is 31.7 Å². The number of nitrogens with zero attached hydrogens (tertiary/aromatic N) is 1. The van der Waals surface area contributed by atoms with Crippen LogP contribution in [0.3, 0.4) is 0 Å². The second-order valence-corrected chi connectivity index (χ2v) is 10.7. The zero-order valence-corrected chi connectivity index (χ0v) is 19.6. The van der Waals surface area contributed by atoms with Crippen LogP contribution in [0.5, 0.6) is 0 Å². The average molecular weight is 460 g/mol. The van der Waals surface area contributed by atoms with Crippen LogP contribution in [0.25, 0.3) is 0 Å². The molecule has 0 aromatic carbocycles. The average Bonchev–Trinajstić information content (AvgIpc) is 3.44. The van der Waals surface area contributed by atoms with Gasteiger partial charge in [0.05, 0.1) is 31.2 Å². The van der Waals surface area contributed by atoms with Gasteiger partial charge in [0.1, 0.15) is 5.76 Å². The maximum absolute atomic E-state index is 13.0. The molecule has 0 aliphatic heterocycles. The van der Waals surface area contributed by atoms with Crippen molar-refractivity contribution in [2.45, 2.75) is 58.1 Å². The Morgan fingerprint density at radius 3 is 2.97 bits per heavy atom. The fourth-order valence-electron chi connectivity index (χ4n) is 5.74. The first kappa shape index (κ1) is 23.0. The van der Waals surface area contributed by atoms with Crippen molar-refractivity contribution in [2.24, 2.45) is 16.7 Å². The highest BCUT2D eigenvalue weighted by molar-refractivity contribution is 7.15.